The molecule has 1 aliphatic carbocycles. The van der Waals surface area contributed by atoms with E-state index >= 15 is 0 Å². The molecule has 1 aromatic heterocycles. The number of rotatable bonds is 2. The van der Waals surface area contributed by atoms with Crippen molar-refractivity contribution in [2.45, 2.75) is 18.8 Å². The Labute approximate surface area is 128 Å². The van der Waals surface area contributed by atoms with Gasteiger partial charge in [0.05, 0.1) is 15.2 Å². The summed E-state index contributed by atoms with van der Waals surface area (Å²) in [6, 6.07) is 5.52. The summed E-state index contributed by atoms with van der Waals surface area (Å²) in [6.07, 6.45) is 2.51. The fourth-order valence-electron chi connectivity index (χ4n) is 4.03. The molecule has 2 aliphatic rings. The lowest BCUT2D eigenvalue weighted by atomic mass is 9.80. The molecular formula is C15H19BN2O2S. The van der Waals surface area contributed by atoms with Crippen LogP contribution in [0.1, 0.15) is 23.8 Å². The first kappa shape index (κ1) is 13.7. The first-order chi connectivity index (χ1) is 10.1. The second kappa shape index (κ2) is 5.05. The van der Waals surface area contributed by atoms with Gasteiger partial charge in [-0.15, -0.1) is 11.3 Å². The molecule has 6 heteroatoms. The Morgan fingerprint density at radius 1 is 1.24 bits per heavy atom. The van der Waals surface area contributed by atoms with Gasteiger partial charge >= 0.3 is 7.12 Å². The van der Waals surface area contributed by atoms with Crippen LogP contribution in [-0.2, 0) is 0 Å². The molecule has 1 unspecified atom stereocenters. The molecule has 3 atom stereocenters. The van der Waals surface area contributed by atoms with Crippen molar-refractivity contribution in [3.63, 3.8) is 0 Å². The van der Waals surface area contributed by atoms with Crippen molar-refractivity contribution in [3.05, 3.63) is 23.2 Å². The van der Waals surface area contributed by atoms with E-state index < -0.39 is 7.12 Å². The predicted octanol–water partition coefficient (Wildman–Crippen LogP) is 1.03. The van der Waals surface area contributed by atoms with Crippen LogP contribution in [0, 0.1) is 11.8 Å². The summed E-state index contributed by atoms with van der Waals surface area (Å²) in [5, 5.41) is 19.8. The van der Waals surface area contributed by atoms with Gasteiger partial charge < -0.3 is 14.9 Å². The first-order valence-electron chi connectivity index (χ1n) is 7.55. The molecule has 1 saturated heterocycles. The molecule has 1 saturated carbocycles. The van der Waals surface area contributed by atoms with Crippen molar-refractivity contribution in [1.82, 2.24) is 9.88 Å². The summed E-state index contributed by atoms with van der Waals surface area (Å²) in [5.41, 5.74) is 1.42. The van der Waals surface area contributed by atoms with E-state index in [1.807, 2.05) is 6.07 Å². The third-order valence-electron chi connectivity index (χ3n) is 5.01. The van der Waals surface area contributed by atoms with Gasteiger partial charge in [0.25, 0.3) is 0 Å². The van der Waals surface area contributed by atoms with Crippen LogP contribution in [-0.4, -0.2) is 47.2 Å². The Morgan fingerprint density at radius 2 is 1.95 bits per heavy atom. The number of thiazole rings is 1. The van der Waals surface area contributed by atoms with Crippen molar-refractivity contribution in [2.75, 3.05) is 20.1 Å². The van der Waals surface area contributed by atoms with Crippen LogP contribution in [0.15, 0.2) is 18.2 Å². The molecule has 2 heterocycles. The van der Waals surface area contributed by atoms with Gasteiger partial charge in [0.2, 0.25) is 0 Å². The molecule has 21 heavy (non-hydrogen) atoms. The zero-order chi connectivity index (χ0) is 14.6. The van der Waals surface area contributed by atoms with Gasteiger partial charge in [-0.25, -0.2) is 4.98 Å². The fourth-order valence-corrected chi connectivity index (χ4v) is 5.11. The zero-order valence-electron chi connectivity index (χ0n) is 12.1. The Kier molecular flexibility index (Phi) is 3.30. The number of nitrogens with zero attached hydrogens (tertiary/aromatic N) is 2. The van der Waals surface area contributed by atoms with Gasteiger partial charge in [-0.2, -0.15) is 0 Å². The molecule has 0 amide bonds. The minimum atomic E-state index is -1.42. The maximum Gasteiger partial charge on any atom is 0.488 e. The molecule has 4 nitrogen and oxygen atoms in total. The van der Waals surface area contributed by atoms with E-state index in [9.17, 15) is 10.0 Å². The highest BCUT2D eigenvalue weighted by atomic mass is 32.1. The maximum atomic E-state index is 9.26. The van der Waals surface area contributed by atoms with Crippen LogP contribution in [0.3, 0.4) is 0 Å². The van der Waals surface area contributed by atoms with E-state index in [0.717, 1.165) is 22.1 Å². The van der Waals surface area contributed by atoms with Gasteiger partial charge in [-0.1, -0.05) is 6.07 Å². The number of hydrogen-bond acceptors (Lipinski definition) is 5. The van der Waals surface area contributed by atoms with E-state index in [2.05, 4.69) is 11.9 Å². The van der Waals surface area contributed by atoms with E-state index in [-0.39, 0.29) is 0 Å². The van der Waals surface area contributed by atoms with Crippen molar-refractivity contribution >= 4 is 34.1 Å². The normalized spacial score (nSPS) is 29.2. The van der Waals surface area contributed by atoms with Gasteiger partial charge in [-0.05, 0) is 49.3 Å². The monoisotopic (exact) mass is 302 g/mol. The largest absolute Gasteiger partial charge is 0.488 e. The number of benzene rings is 1. The summed E-state index contributed by atoms with van der Waals surface area (Å²) in [5.74, 6) is 2.26. The van der Waals surface area contributed by atoms with Crippen molar-refractivity contribution in [3.8, 4) is 0 Å². The lowest BCUT2D eigenvalue weighted by Gasteiger charge is -2.12. The summed E-state index contributed by atoms with van der Waals surface area (Å²) in [7, 11) is 0.799. The van der Waals surface area contributed by atoms with Crippen molar-refractivity contribution in [2.24, 2.45) is 11.8 Å². The predicted molar refractivity (Wildman–Crippen MR) is 85.9 cm³/mol. The summed E-state index contributed by atoms with van der Waals surface area (Å²) >= 11 is 1.77. The van der Waals surface area contributed by atoms with Crippen molar-refractivity contribution < 1.29 is 10.0 Å². The van der Waals surface area contributed by atoms with Crippen LogP contribution in [0.25, 0.3) is 10.2 Å². The van der Waals surface area contributed by atoms with E-state index in [0.29, 0.717) is 11.4 Å². The standard InChI is InChI=1S/C15H19BN2O2S/c1-18-7-10-4-9(5-11(10)8-18)15-17-13-6-12(16(19)20)2-3-14(13)21-15/h2-3,6,9-11,19-20H,4-5,7-8H2,1H3/t9?,10-,11+. The molecule has 2 fully saturated rings. The Hall–Kier alpha value is -0.945. The number of aromatic nitrogens is 1. The van der Waals surface area contributed by atoms with Gasteiger partial charge in [0.15, 0.2) is 0 Å². The smallest absolute Gasteiger partial charge is 0.423 e. The fraction of sp³-hybridized carbons (Fsp3) is 0.533. The quantitative estimate of drug-likeness (QED) is 0.814. The summed E-state index contributed by atoms with van der Waals surface area (Å²) in [6.45, 7) is 2.46. The minimum absolute atomic E-state index is 0.518. The molecule has 0 bridgehead atoms. The van der Waals surface area contributed by atoms with Crippen molar-refractivity contribution in [1.29, 1.82) is 0 Å². The highest BCUT2D eigenvalue weighted by Crippen LogP contribution is 2.47. The molecule has 0 spiro atoms. The van der Waals surface area contributed by atoms with E-state index in [1.165, 1.54) is 30.9 Å². The van der Waals surface area contributed by atoms with Gasteiger partial charge in [0, 0.05) is 19.0 Å². The molecule has 1 aromatic carbocycles. The third-order valence-corrected chi connectivity index (χ3v) is 6.21. The average molecular weight is 302 g/mol. The Bertz CT molecular complexity index is 661. The van der Waals surface area contributed by atoms with Crippen LogP contribution < -0.4 is 5.46 Å². The highest BCUT2D eigenvalue weighted by Gasteiger charge is 2.41. The average Bonchev–Trinajstić information content (AvgIpc) is 3.08. The first-order valence-corrected chi connectivity index (χ1v) is 8.37. The summed E-state index contributed by atoms with van der Waals surface area (Å²) in [4.78, 5) is 7.21. The number of fused-ring (bicyclic) bond motifs is 2. The molecule has 1 aliphatic heterocycles. The molecule has 2 aromatic rings. The maximum absolute atomic E-state index is 9.26. The van der Waals surface area contributed by atoms with Crippen LogP contribution >= 0.6 is 11.3 Å². The van der Waals surface area contributed by atoms with Crippen LogP contribution in [0.5, 0.6) is 0 Å². The SMILES string of the molecule is CN1C[C@H]2CC(c3nc4cc(B(O)O)ccc4s3)C[C@H]2C1. The minimum Gasteiger partial charge on any atom is -0.423 e. The third kappa shape index (κ3) is 2.40. The van der Waals surface area contributed by atoms with E-state index in [4.69, 9.17) is 4.98 Å². The Morgan fingerprint density at radius 3 is 2.62 bits per heavy atom. The number of hydrogen-bond donors (Lipinski definition) is 2. The molecule has 0 radical (unpaired) electrons. The topological polar surface area (TPSA) is 56.6 Å². The highest BCUT2D eigenvalue weighted by molar-refractivity contribution is 7.18. The van der Waals surface area contributed by atoms with Crippen LogP contribution in [0.4, 0.5) is 0 Å². The molecular weight excluding hydrogens is 283 g/mol. The van der Waals surface area contributed by atoms with Crippen LogP contribution in [0.2, 0.25) is 0 Å². The second-order valence-corrected chi connectivity index (χ2v) is 7.62. The zero-order valence-corrected chi connectivity index (χ0v) is 12.9. The second-order valence-electron chi connectivity index (χ2n) is 6.56. The Balaban J connectivity index is 1.60. The molecule has 110 valence electrons. The summed E-state index contributed by atoms with van der Waals surface area (Å²) < 4.78 is 1.14. The van der Waals surface area contributed by atoms with E-state index in [1.54, 1.807) is 23.5 Å². The lowest BCUT2D eigenvalue weighted by Crippen LogP contribution is -2.29. The number of likely N-dealkylation sites (tertiary alicyclic amines) is 1. The van der Waals surface area contributed by atoms with Gasteiger partial charge in [-0.3, -0.25) is 0 Å². The lowest BCUT2D eigenvalue weighted by molar-refractivity contribution is 0.371. The van der Waals surface area contributed by atoms with Gasteiger partial charge in [0.1, 0.15) is 0 Å². The molecule has 4 rings (SSSR count). The molecule has 2 N–H and O–H groups in total.